The zero-order chi connectivity index (χ0) is 40.9. The number of aromatic nitrogens is 4. The molecule has 0 spiro atoms. The van der Waals surface area contributed by atoms with Crippen LogP contribution in [0.15, 0.2) is 6.58 Å². The molecule has 300 valence electrons. The summed E-state index contributed by atoms with van der Waals surface area (Å²) in [5.41, 5.74) is 0.579. The van der Waals surface area contributed by atoms with Crippen molar-refractivity contribution in [3.8, 4) is 6.07 Å². The van der Waals surface area contributed by atoms with Gasteiger partial charge in [-0.2, -0.15) is 13.9 Å². The Morgan fingerprint density at radius 1 is 0.793 bits per heavy atom. The van der Waals surface area contributed by atoms with Crippen molar-refractivity contribution in [2.45, 2.75) is 0 Å². The Labute approximate surface area is 432 Å². The van der Waals surface area contributed by atoms with Gasteiger partial charge in [-0.3, -0.25) is 14.9 Å². The summed E-state index contributed by atoms with van der Waals surface area (Å²) in [5, 5.41) is 45.4. The average Bonchev–Trinajstić information content (AvgIpc) is 3.09. The molecule has 2 heterocycles. The third-order valence-corrected chi connectivity index (χ3v) is 8.19. The van der Waals surface area contributed by atoms with Crippen LogP contribution in [0.1, 0.15) is 21.9 Å². The molecule has 0 radical (unpaired) electrons. The number of nitrogens with zero attached hydrogens (tertiary/aromatic N) is 8. The van der Waals surface area contributed by atoms with Gasteiger partial charge in [0.15, 0.2) is 23.1 Å². The molecular formula is C25H34N12Na4O13S4. The predicted molar refractivity (Wildman–Crippen MR) is 188 cm³/mol. The van der Waals surface area contributed by atoms with Gasteiger partial charge >= 0.3 is 124 Å². The molecule has 2 rings (SSSR count). The van der Waals surface area contributed by atoms with Crippen LogP contribution in [0.2, 0.25) is 0 Å². The number of hydrogen-bond acceptors (Lipinski definition) is 25. The van der Waals surface area contributed by atoms with Crippen LogP contribution in [0.4, 0.5) is 29.1 Å². The maximum Gasteiger partial charge on any atom is 1.00 e. The number of amides is 1. The number of rotatable bonds is 23. The van der Waals surface area contributed by atoms with Crippen molar-refractivity contribution < 1.29 is 178 Å². The van der Waals surface area contributed by atoms with Gasteiger partial charge in [0.05, 0.1) is 37.4 Å². The summed E-state index contributed by atoms with van der Waals surface area (Å²) >= 11 is 1.54. The quantitative estimate of drug-likeness (QED) is 0.0153. The fraction of sp³-hybridized carbons (Fsp3) is 0.480. The van der Waals surface area contributed by atoms with E-state index in [1.807, 2.05) is 0 Å². The number of nitrogens with one attached hydrogen (secondary N) is 4. The first-order valence-electron chi connectivity index (χ1n) is 14.6. The maximum absolute atomic E-state index is 12.5. The number of carbonyl (C=O) groups is 1. The summed E-state index contributed by atoms with van der Waals surface area (Å²) in [5.74, 6) is -1.11. The summed E-state index contributed by atoms with van der Waals surface area (Å²) in [6, 6.07) is 1.75. The molecule has 0 aromatic carbocycles. The molecule has 1 amide bonds. The fourth-order valence-corrected chi connectivity index (χ4v) is 4.82. The molecule has 0 fully saturated rings. The molecule has 0 aliphatic heterocycles. The van der Waals surface area contributed by atoms with Gasteiger partial charge in [-0.05, 0) is 0 Å². The number of nitriles is 1. The van der Waals surface area contributed by atoms with Crippen LogP contribution >= 0.6 is 24.1 Å². The molecule has 0 atom stereocenters. The van der Waals surface area contributed by atoms with E-state index in [0.717, 1.165) is 24.1 Å². The largest absolute Gasteiger partial charge is 1.00 e. The van der Waals surface area contributed by atoms with Crippen LogP contribution in [-0.4, -0.2) is 129 Å². The molecule has 33 heteroatoms. The molecule has 0 saturated carbocycles. The van der Waals surface area contributed by atoms with Gasteiger partial charge in [-0.25, -0.2) is 31.8 Å². The van der Waals surface area contributed by atoms with Crippen LogP contribution < -0.4 is 160 Å². The second kappa shape index (κ2) is 34.2. The Hall–Kier alpha value is -0.370. The number of carbonyl (C=O) groups excluding carboxylic acids is 1. The molecule has 58 heavy (non-hydrogen) atoms. The molecule has 0 aliphatic rings. The summed E-state index contributed by atoms with van der Waals surface area (Å²) < 4.78 is 72.1. The van der Waals surface area contributed by atoms with Gasteiger partial charge in [0, 0.05) is 90.0 Å². The van der Waals surface area contributed by atoms with Crippen molar-refractivity contribution >= 4 is 85.0 Å². The molecule has 0 saturated heterocycles. The van der Waals surface area contributed by atoms with Crippen LogP contribution in [0.5, 0.6) is 0 Å². The molecule has 0 unspecified atom stereocenters. The second-order valence-corrected chi connectivity index (χ2v) is 14.7. The van der Waals surface area contributed by atoms with Gasteiger partial charge in [0.25, 0.3) is 11.7 Å². The Morgan fingerprint density at radius 2 is 1.28 bits per heavy atom. The number of anilines is 4. The third-order valence-electron chi connectivity index (χ3n) is 5.73. The first kappa shape index (κ1) is 64.3. The van der Waals surface area contributed by atoms with E-state index < -0.39 is 37.6 Å². The Balaban J connectivity index is -0.000000480. The summed E-state index contributed by atoms with van der Waals surface area (Å²) in [6.45, 7) is 11.0. The van der Waals surface area contributed by atoms with Crippen molar-refractivity contribution in [2.24, 2.45) is 0 Å². The molecule has 4 N–H and O–H groups in total. The fourth-order valence-electron chi connectivity index (χ4n) is 3.53. The molecule has 2 aromatic rings. The van der Waals surface area contributed by atoms with Crippen molar-refractivity contribution in [1.29, 1.82) is 5.26 Å². The van der Waals surface area contributed by atoms with Crippen molar-refractivity contribution in [3.63, 3.8) is 0 Å². The molecule has 25 nitrogen and oxygen atoms in total. The first-order valence-corrected chi connectivity index (χ1v) is 19.5. The van der Waals surface area contributed by atoms with E-state index in [-0.39, 0.29) is 178 Å². The van der Waals surface area contributed by atoms with Crippen molar-refractivity contribution in [3.05, 3.63) is 35.1 Å². The van der Waals surface area contributed by atoms with E-state index in [2.05, 4.69) is 71.4 Å². The van der Waals surface area contributed by atoms with Gasteiger partial charge in [0.2, 0.25) is 5.69 Å². The van der Waals surface area contributed by atoms with Gasteiger partial charge in [0.1, 0.15) is 11.8 Å². The van der Waals surface area contributed by atoms with E-state index in [1.54, 1.807) is 44.1 Å². The third kappa shape index (κ3) is 26.2. The van der Waals surface area contributed by atoms with Gasteiger partial charge in [-0.15, -0.1) is 0 Å². The topological polar surface area (TPSA) is 349 Å². The predicted octanol–water partition coefficient (Wildman–Crippen LogP) is -14.5. The minimum absolute atomic E-state index is 0. The zero-order valence-electron chi connectivity index (χ0n) is 32.9. The Kier molecular flexibility index (Phi) is 37.8. The average molecular weight is 931 g/mol. The van der Waals surface area contributed by atoms with E-state index >= 15 is 0 Å². The zero-order valence-corrected chi connectivity index (χ0v) is 44.1. The van der Waals surface area contributed by atoms with E-state index in [1.165, 1.54) is 0 Å². The SMILES string of the molecule is C=C(NCCSOO[O-])c1nc(N(C)C)c(C(=O)NCCS(=O)(=O)[O-])nc1N(C)C.[C-]#[N+]c1nc(NCCS(=O)(=O)[O-])c(C#N)nc1NCCSOO[O-].[Na+].[Na+].[Na+].[Na+]. The standard InChI is InChI=1S/C15H26N6O7S2.C10H12N6O6S2.4Na/c1-10(16-6-8-29-28-27-23)11-13(20(2)3)19-12(14(18-11)21(4)5)15(22)17-7-9-30(24,25)26;1-12-9-10(13-2-4-23-22-21-17)15-7(6-11)8(16-9)14-3-5-24(18,19)20;;;;/h16,23H,1,6-9H2,2-5H3,(H,17,22)(H,24,25,26);17H,2-5H2,(H,13,15)(H,14,16)(H,18,19,20);;;;/q;;4*+1/p-4. The summed E-state index contributed by atoms with van der Waals surface area (Å²) in [6.07, 6.45) is 0. The smallest absolute Gasteiger partial charge is 0.748 e. The van der Waals surface area contributed by atoms with E-state index in [9.17, 15) is 41.3 Å². The molecular weight excluding hydrogens is 897 g/mol. The Bertz CT molecular complexity index is 1880. The maximum atomic E-state index is 12.5. The normalized spacial score (nSPS) is 10.2. The van der Waals surface area contributed by atoms with Crippen LogP contribution in [-0.2, 0) is 39.0 Å². The van der Waals surface area contributed by atoms with E-state index in [4.69, 9.17) is 11.8 Å². The second-order valence-electron chi connectivity index (χ2n) is 10.1. The van der Waals surface area contributed by atoms with Crippen LogP contribution in [0.25, 0.3) is 10.5 Å². The first-order chi connectivity index (χ1) is 25.4. The Morgan fingerprint density at radius 3 is 1.76 bits per heavy atom. The van der Waals surface area contributed by atoms with Crippen molar-refractivity contribution in [2.75, 3.05) is 97.8 Å². The van der Waals surface area contributed by atoms with Crippen molar-refractivity contribution in [1.82, 2.24) is 30.6 Å². The van der Waals surface area contributed by atoms with Crippen LogP contribution in [0, 0.1) is 17.9 Å². The van der Waals surface area contributed by atoms with E-state index in [0.29, 0.717) is 29.5 Å². The van der Waals surface area contributed by atoms with Gasteiger partial charge in [-0.1, -0.05) is 18.1 Å². The van der Waals surface area contributed by atoms with Crippen LogP contribution in [0.3, 0.4) is 0 Å². The minimum atomic E-state index is -4.46. The molecule has 0 aliphatic carbocycles. The monoisotopic (exact) mass is 930 g/mol. The van der Waals surface area contributed by atoms with Gasteiger partial charge < -0.3 is 55.5 Å². The summed E-state index contributed by atoms with van der Waals surface area (Å²) in [7, 11) is -2.14. The summed E-state index contributed by atoms with van der Waals surface area (Å²) in [4.78, 5) is 35.5. The molecule has 0 bridgehead atoms. The number of hydrogen-bond donors (Lipinski definition) is 4. The minimum Gasteiger partial charge on any atom is -0.748 e. The molecule has 2 aromatic heterocycles.